The van der Waals surface area contributed by atoms with Crippen LogP contribution in [0.5, 0.6) is 17.4 Å². The van der Waals surface area contributed by atoms with Gasteiger partial charge in [0.2, 0.25) is 5.88 Å². The first kappa shape index (κ1) is 19.4. The molecule has 0 unspecified atom stereocenters. The quantitative estimate of drug-likeness (QED) is 0.507. The van der Waals surface area contributed by atoms with Crippen molar-refractivity contribution in [2.24, 2.45) is 7.05 Å². The largest absolute Gasteiger partial charge is 0.486 e. The zero-order valence-electron chi connectivity index (χ0n) is 16.3. The van der Waals surface area contributed by atoms with Gasteiger partial charge in [0.1, 0.15) is 35.3 Å². The topological polar surface area (TPSA) is 86.5 Å². The van der Waals surface area contributed by atoms with Gasteiger partial charge in [-0.15, -0.1) is 0 Å². The van der Waals surface area contributed by atoms with E-state index >= 15 is 0 Å². The van der Waals surface area contributed by atoms with Gasteiger partial charge in [0, 0.05) is 19.2 Å². The normalized spacial score (nSPS) is 10.9. The summed E-state index contributed by atoms with van der Waals surface area (Å²) >= 11 is 0. The third-order valence-electron chi connectivity index (χ3n) is 4.51. The van der Waals surface area contributed by atoms with Crippen LogP contribution in [0.15, 0.2) is 54.6 Å². The number of hydrogen-bond donors (Lipinski definition) is 1. The molecule has 0 amide bonds. The molecule has 2 aromatic heterocycles. The Morgan fingerprint density at radius 1 is 1.07 bits per heavy atom. The van der Waals surface area contributed by atoms with Crippen LogP contribution in [0.4, 0.5) is 4.39 Å². The van der Waals surface area contributed by atoms with Crippen LogP contribution in [-0.2, 0) is 13.7 Å². The Hall–Kier alpha value is -3.94. The van der Waals surface area contributed by atoms with E-state index in [9.17, 15) is 9.18 Å². The first-order valence-corrected chi connectivity index (χ1v) is 9.12. The van der Waals surface area contributed by atoms with Crippen molar-refractivity contribution >= 4 is 17.1 Å². The molecule has 152 valence electrons. The van der Waals surface area contributed by atoms with E-state index in [0.717, 1.165) is 17.7 Å². The summed E-state index contributed by atoms with van der Waals surface area (Å²) in [6.07, 6.45) is 0. The molecule has 4 aromatic rings. The van der Waals surface area contributed by atoms with Crippen LogP contribution in [0.1, 0.15) is 21.7 Å². The Balaban J connectivity index is 1.55. The SMILES string of the molecule is Cc1ccc(Oc2ccc3nc(COc4cc(F)cc(C(=O)O)c4)n(C)c3n2)cc1. The van der Waals surface area contributed by atoms with Gasteiger partial charge in [0.15, 0.2) is 5.65 Å². The molecule has 0 aliphatic carbocycles. The summed E-state index contributed by atoms with van der Waals surface area (Å²) in [5.41, 5.74) is 2.20. The number of aromatic nitrogens is 3. The number of benzene rings is 2. The van der Waals surface area contributed by atoms with Crippen LogP contribution in [0, 0.1) is 12.7 Å². The highest BCUT2D eigenvalue weighted by Crippen LogP contribution is 2.24. The lowest BCUT2D eigenvalue weighted by atomic mass is 10.2. The summed E-state index contributed by atoms with van der Waals surface area (Å²) in [4.78, 5) is 20.1. The van der Waals surface area contributed by atoms with E-state index in [1.807, 2.05) is 31.2 Å². The van der Waals surface area contributed by atoms with Crippen LogP contribution in [0.3, 0.4) is 0 Å². The van der Waals surface area contributed by atoms with Crippen molar-refractivity contribution in [3.05, 3.63) is 77.4 Å². The molecule has 0 spiro atoms. The molecule has 7 nitrogen and oxygen atoms in total. The monoisotopic (exact) mass is 407 g/mol. The molecule has 2 heterocycles. The summed E-state index contributed by atoms with van der Waals surface area (Å²) in [6.45, 7) is 2.02. The van der Waals surface area contributed by atoms with Crippen molar-refractivity contribution in [3.8, 4) is 17.4 Å². The number of imidazole rings is 1. The molecule has 0 radical (unpaired) electrons. The van der Waals surface area contributed by atoms with E-state index in [1.165, 1.54) is 6.07 Å². The maximum Gasteiger partial charge on any atom is 0.335 e. The van der Waals surface area contributed by atoms with Crippen molar-refractivity contribution in [1.82, 2.24) is 14.5 Å². The molecule has 0 saturated carbocycles. The lowest BCUT2D eigenvalue weighted by Crippen LogP contribution is -2.05. The fourth-order valence-corrected chi connectivity index (χ4v) is 2.92. The minimum absolute atomic E-state index is 0.0174. The maximum atomic E-state index is 13.6. The van der Waals surface area contributed by atoms with Gasteiger partial charge < -0.3 is 19.1 Å². The smallest absolute Gasteiger partial charge is 0.335 e. The second kappa shape index (κ2) is 7.82. The third kappa shape index (κ3) is 4.07. The Kier molecular flexibility index (Phi) is 5.05. The van der Waals surface area contributed by atoms with Crippen LogP contribution < -0.4 is 9.47 Å². The molecule has 0 atom stereocenters. The van der Waals surface area contributed by atoms with E-state index in [2.05, 4.69) is 9.97 Å². The molecule has 0 fully saturated rings. The van der Waals surface area contributed by atoms with Crippen molar-refractivity contribution in [2.75, 3.05) is 0 Å². The number of fused-ring (bicyclic) bond motifs is 1. The Morgan fingerprint density at radius 2 is 1.83 bits per heavy atom. The van der Waals surface area contributed by atoms with Gasteiger partial charge in [-0.2, -0.15) is 4.98 Å². The number of hydrogen-bond acceptors (Lipinski definition) is 5. The molecule has 0 bridgehead atoms. The average molecular weight is 407 g/mol. The fraction of sp³-hybridized carbons (Fsp3) is 0.136. The van der Waals surface area contributed by atoms with Crippen LogP contribution in [-0.4, -0.2) is 25.6 Å². The molecular weight excluding hydrogens is 389 g/mol. The number of ether oxygens (including phenoxy) is 2. The predicted molar refractivity (Wildman–Crippen MR) is 107 cm³/mol. The van der Waals surface area contributed by atoms with Crippen molar-refractivity contribution in [3.63, 3.8) is 0 Å². The Morgan fingerprint density at radius 3 is 2.57 bits per heavy atom. The first-order valence-electron chi connectivity index (χ1n) is 9.12. The number of aryl methyl sites for hydroxylation is 2. The lowest BCUT2D eigenvalue weighted by molar-refractivity contribution is 0.0695. The summed E-state index contributed by atoms with van der Waals surface area (Å²) in [7, 11) is 1.78. The Bertz CT molecular complexity index is 1240. The average Bonchev–Trinajstić information content (AvgIpc) is 3.03. The number of aromatic carboxylic acids is 1. The van der Waals surface area contributed by atoms with Crippen molar-refractivity contribution in [1.29, 1.82) is 0 Å². The number of halogens is 1. The van der Waals surface area contributed by atoms with Gasteiger partial charge in [-0.3, -0.25) is 0 Å². The lowest BCUT2D eigenvalue weighted by Gasteiger charge is -2.08. The number of carboxylic acids is 1. The molecule has 4 rings (SSSR count). The highest BCUT2D eigenvalue weighted by atomic mass is 19.1. The van der Waals surface area contributed by atoms with Crippen LogP contribution >= 0.6 is 0 Å². The maximum absolute atomic E-state index is 13.6. The van der Waals surface area contributed by atoms with Gasteiger partial charge in [-0.05, 0) is 37.3 Å². The molecule has 1 N–H and O–H groups in total. The first-order chi connectivity index (χ1) is 14.4. The predicted octanol–water partition coefficient (Wildman–Crippen LogP) is 4.49. The second-order valence-electron chi connectivity index (χ2n) is 6.76. The van der Waals surface area contributed by atoms with Gasteiger partial charge >= 0.3 is 5.97 Å². The zero-order chi connectivity index (χ0) is 21.3. The summed E-state index contributed by atoms with van der Waals surface area (Å²) in [6, 6.07) is 14.5. The van der Waals surface area contributed by atoms with E-state index in [0.29, 0.717) is 28.6 Å². The molecule has 0 aliphatic rings. The van der Waals surface area contributed by atoms with Crippen LogP contribution in [0.25, 0.3) is 11.2 Å². The fourth-order valence-electron chi connectivity index (χ4n) is 2.92. The molecular formula is C22H18FN3O4. The van der Waals surface area contributed by atoms with E-state index in [1.54, 1.807) is 23.7 Å². The van der Waals surface area contributed by atoms with Crippen molar-refractivity contribution < 1.29 is 23.8 Å². The summed E-state index contributed by atoms with van der Waals surface area (Å²) in [5, 5.41) is 9.04. The molecule has 0 saturated heterocycles. The highest BCUT2D eigenvalue weighted by molar-refractivity contribution is 5.88. The standard InChI is InChI=1S/C22H18FN3O4/c1-13-3-5-16(6-4-13)30-20-8-7-18-21(25-20)26(2)19(24-18)12-29-17-10-14(22(27)28)9-15(23)11-17/h3-11H,12H2,1-2H3,(H,27,28). The summed E-state index contributed by atoms with van der Waals surface area (Å²) < 4.78 is 26.7. The minimum Gasteiger partial charge on any atom is -0.486 e. The van der Waals surface area contributed by atoms with Gasteiger partial charge in [0.25, 0.3) is 0 Å². The highest BCUT2D eigenvalue weighted by Gasteiger charge is 2.13. The number of rotatable bonds is 6. The van der Waals surface area contributed by atoms with Crippen molar-refractivity contribution in [2.45, 2.75) is 13.5 Å². The van der Waals surface area contributed by atoms with Gasteiger partial charge in [-0.25, -0.2) is 14.2 Å². The van der Waals surface area contributed by atoms with Crippen LogP contribution in [0.2, 0.25) is 0 Å². The molecule has 2 aromatic carbocycles. The number of nitrogens with zero attached hydrogens (tertiary/aromatic N) is 3. The van der Waals surface area contributed by atoms with E-state index in [4.69, 9.17) is 14.6 Å². The van der Waals surface area contributed by atoms with E-state index in [-0.39, 0.29) is 17.9 Å². The van der Waals surface area contributed by atoms with E-state index < -0.39 is 11.8 Å². The molecule has 8 heteroatoms. The van der Waals surface area contributed by atoms with Gasteiger partial charge in [0.05, 0.1) is 5.56 Å². The third-order valence-corrected chi connectivity index (χ3v) is 4.51. The van der Waals surface area contributed by atoms with Gasteiger partial charge in [-0.1, -0.05) is 17.7 Å². The Labute approximate surface area is 171 Å². The number of carboxylic acid groups (broad SMARTS) is 1. The zero-order valence-corrected chi connectivity index (χ0v) is 16.3. The molecule has 0 aliphatic heterocycles. The second-order valence-corrected chi connectivity index (χ2v) is 6.76. The minimum atomic E-state index is -1.23. The number of carbonyl (C=O) groups is 1. The number of pyridine rings is 1. The molecule has 30 heavy (non-hydrogen) atoms. The summed E-state index contributed by atoms with van der Waals surface area (Å²) in [5.74, 6) is -0.152.